The number of fused-ring (bicyclic) bond motifs is 1. The molecule has 0 fully saturated rings. The molecule has 0 atom stereocenters. The van der Waals surface area contributed by atoms with Crippen LogP contribution in [0.1, 0.15) is 33.7 Å². The van der Waals surface area contributed by atoms with Crippen LogP contribution in [0.4, 0.5) is 0 Å². The molecule has 3 nitrogen and oxygen atoms in total. The second-order valence-electron chi connectivity index (χ2n) is 4.64. The van der Waals surface area contributed by atoms with Crippen LogP contribution in [0.2, 0.25) is 0 Å². The van der Waals surface area contributed by atoms with E-state index in [1.54, 1.807) is 11.8 Å². The van der Waals surface area contributed by atoms with Gasteiger partial charge in [0.2, 0.25) is 0 Å². The first-order valence-corrected chi connectivity index (χ1v) is 7.27. The fourth-order valence-corrected chi connectivity index (χ4v) is 3.34. The lowest BCUT2D eigenvalue weighted by atomic mass is 10.1. The minimum absolute atomic E-state index is 0.258. The van der Waals surface area contributed by atoms with Crippen molar-refractivity contribution < 1.29 is 14.3 Å². The summed E-state index contributed by atoms with van der Waals surface area (Å²) in [7, 11) is 0. The molecule has 1 heterocycles. The van der Waals surface area contributed by atoms with E-state index < -0.39 is 5.97 Å². The molecule has 1 aliphatic rings. The highest BCUT2D eigenvalue weighted by Gasteiger charge is 2.14. The number of carboxylic acid groups (broad SMARTS) is 1. The molecule has 0 spiro atoms. The maximum Gasteiger partial charge on any atom is 0.339 e. The van der Waals surface area contributed by atoms with Gasteiger partial charge in [-0.1, -0.05) is 6.07 Å². The summed E-state index contributed by atoms with van der Waals surface area (Å²) < 4.78 is 5.24. The molecule has 1 aromatic heterocycles. The highest BCUT2D eigenvalue weighted by Crippen LogP contribution is 2.30. The number of rotatable bonds is 4. The van der Waals surface area contributed by atoms with Crippen molar-refractivity contribution in [1.29, 1.82) is 0 Å². The molecule has 98 valence electrons. The SMILES string of the molecule is O=C(O)c1ccoc1CSc1ccc2c(c1)CCC2. The number of aromatic carboxylic acids is 1. The first-order chi connectivity index (χ1) is 9.24. The summed E-state index contributed by atoms with van der Waals surface area (Å²) in [6.07, 6.45) is 5.01. The molecule has 0 bridgehead atoms. The van der Waals surface area contributed by atoms with Gasteiger partial charge in [-0.25, -0.2) is 4.79 Å². The summed E-state index contributed by atoms with van der Waals surface area (Å²) in [5.74, 6) is 0.143. The number of hydrogen-bond acceptors (Lipinski definition) is 3. The number of aryl methyl sites for hydroxylation is 2. The van der Waals surface area contributed by atoms with Gasteiger partial charge >= 0.3 is 5.97 Å². The molecular weight excluding hydrogens is 260 g/mol. The Bertz CT molecular complexity index is 616. The zero-order valence-electron chi connectivity index (χ0n) is 10.4. The van der Waals surface area contributed by atoms with Crippen molar-refractivity contribution in [2.75, 3.05) is 0 Å². The number of benzene rings is 1. The van der Waals surface area contributed by atoms with Crippen LogP contribution in [0, 0.1) is 0 Å². The molecule has 0 radical (unpaired) electrons. The second-order valence-corrected chi connectivity index (χ2v) is 5.68. The Morgan fingerprint density at radius 3 is 2.95 bits per heavy atom. The van der Waals surface area contributed by atoms with Crippen LogP contribution in [-0.2, 0) is 18.6 Å². The lowest BCUT2D eigenvalue weighted by molar-refractivity contribution is 0.0695. The molecule has 1 N–H and O–H groups in total. The summed E-state index contributed by atoms with van der Waals surface area (Å²) in [5.41, 5.74) is 3.14. The van der Waals surface area contributed by atoms with Crippen molar-refractivity contribution >= 4 is 17.7 Å². The van der Waals surface area contributed by atoms with Crippen molar-refractivity contribution in [2.24, 2.45) is 0 Å². The molecule has 1 aliphatic carbocycles. The van der Waals surface area contributed by atoms with Gasteiger partial charge in [0.05, 0.1) is 12.0 Å². The third-order valence-electron chi connectivity index (χ3n) is 3.42. The Balaban J connectivity index is 1.72. The maximum absolute atomic E-state index is 11.0. The van der Waals surface area contributed by atoms with E-state index in [1.807, 2.05) is 0 Å². The van der Waals surface area contributed by atoms with E-state index in [2.05, 4.69) is 18.2 Å². The fourth-order valence-electron chi connectivity index (χ4n) is 2.43. The average molecular weight is 274 g/mol. The Kier molecular flexibility index (Phi) is 3.34. The second kappa shape index (κ2) is 5.13. The Labute approximate surface area is 115 Å². The first-order valence-electron chi connectivity index (χ1n) is 6.28. The summed E-state index contributed by atoms with van der Waals surface area (Å²) in [6.45, 7) is 0. The molecule has 0 unspecified atom stereocenters. The van der Waals surface area contributed by atoms with Crippen LogP contribution in [0.3, 0.4) is 0 Å². The summed E-state index contributed by atoms with van der Waals surface area (Å²) in [4.78, 5) is 12.2. The quantitative estimate of drug-likeness (QED) is 0.862. The van der Waals surface area contributed by atoms with Gasteiger partial charge < -0.3 is 9.52 Å². The number of carbonyl (C=O) groups is 1. The number of carboxylic acids is 1. The Morgan fingerprint density at radius 1 is 1.26 bits per heavy atom. The third-order valence-corrected chi connectivity index (χ3v) is 4.41. The predicted molar refractivity (Wildman–Crippen MR) is 73.7 cm³/mol. The van der Waals surface area contributed by atoms with Crippen molar-refractivity contribution in [3.05, 3.63) is 53.0 Å². The van der Waals surface area contributed by atoms with Gasteiger partial charge in [-0.15, -0.1) is 11.8 Å². The predicted octanol–water partition coefficient (Wildman–Crippen LogP) is 3.76. The molecule has 1 aromatic carbocycles. The maximum atomic E-state index is 11.0. The van der Waals surface area contributed by atoms with E-state index in [9.17, 15) is 4.79 Å². The van der Waals surface area contributed by atoms with Crippen LogP contribution in [-0.4, -0.2) is 11.1 Å². The number of furan rings is 1. The number of thioether (sulfide) groups is 1. The zero-order chi connectivity index (χ0) is 13.2. The van der Waals surface area contributed by atoms with Gasteiger partial charge in [-0.05, 0) is 48.6 Å². The lowest BCUT2D eigenvalue weighted by Crippen LogP contribution is -1.97. The van der Waals surface area contributed by atoms with Gasteiger partial charge in [0.25, 0.3) is 0 Å². The summed E-state index contributed by atoms with van der Waals surface area (Å²) >= 11 is 1.62. The number of hydrogen-bond donors (Lipinski definition) is 1. The Morgan fingerprint density at radius 2 is 2.11 bits per heavy atom. The largest absolute Gasteiger partial charge is 0.478 e. The van der Waals surface area contributed by atoms with Crippen LogP contribution in [0.15, 0.2) is 39.8 Å². The van der Waals surface area contributed by atoms with E-state index in [0.29, 0.717) is 11.5 Å². The van der Waals surface area contributed by atoms with Crippen LogP contribution >= 0.6 is 11.8 Å². The van der Waals surface area contributed by atoms with E-state index in [1.165, 1.54) is 41.2 Å². The first kappa shape index (κ1) is 12.4. The van der Waals surface area contributed by atoms with Gasteiger partial charge in [0, 0.05) is 4.90 Å². The van der Waals surface area contributed by atoms with Gasteiger partial charge in [-0.2, -0.15) is 0 Å². The highest BCUT2D eigenvalue weighted by atomic mass is 32.2. The van der Waals surface area contributed by atoms with Crippen LogP contribution < -0.4 is 0 Å². The molecule has 19 heavy (non-hydrogen) atoms. The van der Waals surface area contributed by atoms with E-state index in [0.717, 1.165) is 6.42 Å². The van der Waals surface area contributed by atoms with Crippen molar-refractivity contribution in [3.8, 4) is 0 Å². The van der Waals surface area contributed by atoms with Gasteiger partial charge in [-0.3, -0.25) is 0 Å². The smallest absolute Gasteiger partial charge is 0.339 e. The topological polar surface area (TPSA) is 50.4 Å². The van der Waals surface area contributed by atoms with Crippen molar-refractivity contribution in [1.82, 2.24) is 0 Å². The van der Waals surface area contributed by atoms with Crippen molar-refractivity contribution in [3.63, 3.8) is 0 Å². The molecule has 0 saturated carbocycles. The minimum Gasteiger partial charge on any atom is -0.478 e. The minimum atomic E-state index is -0.932. The molecule has 3 rings (SSSR count). The molecule has 0 aliphatic heterocycles. The molecule has 0 saturated heterocycles. The fraction of sp³-hybridized carbons (Fsp3) is 0.267. The van der Waals surface area contributed by atoms with Gasteiger partial charge in [0.15, 0.2) is 0 Å². The standard InChI is InChI=1S/C15H14O3S/c16-15(17)13-6-7-18-14(13)9-19-12-5-4-10-2-1-3-11(10)8-12/h4-8H,1-3,9H2,(H,16,17). The summed E-state index contributed by atoms with van der Waals surface area (Å²) in [5, 5.41) is 9.01. The monoisotopic (exact) mass is 274 g/mol. The normalized spacial score (nSPS) is 13.5. The average Bonchev–Trinajstić information content (AvgIpc) is 3.04. The zero-order valence-corrected chi connectivity index (χ0v) is 11.2. The molecule has 2 aromatic rings. The van der Waals surface area contributed by atoms with Crippen LogP contribution in [0.5, 0.6) is 0 Å². The Hall–Kier alpha value is -1.68. The van der Waals surface area contributed by atoms with Gasteiger partial charge in [0.1, 0.15) is 11.3 Å². The van der Waals surface area contributed by atoms with E-state index in [-0.39, 0.29) is 5.56 Å². The molecule has 0 amide bonds. The summed E-state index contributed by atoms with van der Waals surface area (Å²) in [6, 6.07) is 8.01. The van der Waals surface area contributed by atoms with E-state index >= 15 is 0 Å². The van der Waals surface area contributed by atoms with E-state index in [4.69, 9.17) is 9.52 Å². The highest BCUT2D eigenvalue weighted by molar-refractivity contribution is 7.98. The molecular formula is C15H14O3S. The third kappa shape index (κ3) is 2.54. The molecule has 4 heteroatoms. The van der Waals surface area contributed by atoms with Crippen molar-refractivity contribution in [2.45, 2.75) is 29.9 Å². The lowest BCUT2D eigenvalue weighted by Gasteiger charge is -2.04. The van der Waals surface area contributed by atoms with Crippen LogP contribution in [0.25, 0.3) is 0 Å².